The van der Waals surface area contributed by atoms with Gasteiger partial charge in [-0.25, -0.2) is 0 Å². The first-order chi connectivity index (χ1) is 16.5. The van der Waals surface area contributed by atoms with Crippen LogP contribution in [0.1, 0.15) is 49.5 Å². The van der Waals surface area contributed by atoms with Crippen molar-refractivity contribution in [1.29, 1.82) is 0 Å². The smallest absolute Gasteiger partial charge is 0.269 e. The number of carbonyl (C=O) groups excluding carboxylic acids is 2. The lowest BCUT2D eigenvalue weighted by Gasteiger charge is -2.34. The lowest BCUT2D eigenvalue weighted by molar-refractivity contribution is -0.384. The number of amides is 1. The van der Waals surface area contributed by atoms with Crippen LogP contribution in [0, 0.1) is 10.1 Å². The van der Waals surface area contributed by atoms with Gasteiger partial charge in [0.05, 0.1) is 28.6 Å². The summed E-state index contributed by atoms with van der Waals surface area (Å²) in [6, 6.07) is 16.4. The second-order valence-electron chi connectivity index (χ2n) is 8.45. The van der Waals surface area contributed by atoms with Crippen LogP contribution in [0.3, 0.4) is 0 Å². The van der Waals surface area contributed by atoms with Gasteiger partial charge in [0.15, 0.2) is 5.78 Å². The molecule has 1 N–H and O–H groups in total. The van der Waals surface area contributed by atoms with Gasteiger partial charge in [-0.1, -0.05) is 31.2 Å². The Balaban J connectivity index is 1.74. The van der Waals surface area contributed by atoms with E-state index in [1.54, 1.807) is 36.3 Å². The molecule has 0 radical (unpaired) electrons. The zero-order valence-corrected chi connectivity index (χ0v) is 18.6. The molecule has 0 bridgehead atoms. The summed E-state index contributed by atoms with van der Waals surface area (Å²) in [5.74, 6) is 0.293. The monoisotopic (exact) mass is 457 g/mol. The number of nitrogens with zero attached hydrogens (tertiary/aromatic N) is 2. The van der Waals surface area contributed by atoms with Crippen LogP contribution in [0.2, 0.25) is 0 Å². The second kappa shape index (κ2) is 8.62. The molecule has 0 saturated carbocycles. The Morgan fingerprint density at radius 3 is 2.71 bits per heavy atom. The lowest BCUT2D eigenvalue weighted by Crippen LogP contribution is -2.38. The topological polar surface area (TPSA) is 106 Å². The van der Waals surface area contributed by atoms with Crippen LogP contribution < -0.4 is 10.2 Å². The molecular formula is C26H23N3O5. The zero-order valence-electron chi connectivity index (χ0n) is 18.6. The van der Waals surface area contributed by atoms with Gasteiger partial charge in [-0.3, -0.25) is 24.6 Å². The van der Waals surface area contributed by atoms with Crippen LogP contribution in [0.5, 0.6) is 0 Å². The van der Waals surface area contributed by atoms with Crippen molar-refractivity contribution < 1.29 is 18.9 Å². The number of allylic oxidation sites excluding steroid dienone is 1. The first-order valence-electron chi connectivity index (χ1n) is 11.2. The number of nitro benzene ring substituents is 1. The summed E-state index contributed by atoms with van der Waals surface area (Å²) in [7, 11) is 0. The molecule has 0 fully saturated rings. The molecule has 3 aromatic rings. The molecule has 8 nitrogen and oxygen atoms in total. The van der Waals surface area contributed by atoms with E-state index in [9.17, 15) is 19.7 Å². The maximum Gasteiger partial charge on any atom is 0.269 e. The van der Waals surface area contributed by atoms with Gasteiger partial charge in [0.2, 0.25) is 5.91 Å². The van der Waals surface area contributed by atoms with Gasteiger partial charge in [-0.2, -0.15) is 0 Å². The standard InChI is InChI=1S/C26H23N3O5/c1-2-24(31)28-21-10-4-3-9-19(21)27-20-14-17(23-11-6-12-34-23)15-22(30)25(20)26(28)16-7-5-8-18(13-16)29(32)33/h3-13,17,26-27H,2,14-15H2,1H3/t17-,26-/m1/s1. The minimum atomic E-state index is -0.788. The SMILES string of the molecule is CCC(=O)N1c2ccccc2NC2=C(C(=O)C[C@H](c3ccco3)C2)[C@H]1c1cccc([N+](=O)[O-])c1. The summed E-state index contributed by atoms with van der Waals surface area (Å²) in [6.45, 7) is 1.76. The van der Waals surface area contributed by atoms with Gasteiger partial charge < -0.3 is 9.73 Å². The summed E-state index contributed by atoms with van der Waals surface area (Å²) >= 11 is 0. The highest BCUT2D eigenvalue weighted by molar-refractivity contribution is 6.06. The first kappa shape index (κ1) is 21.6. The fourth-order valence-electron chi connectivity index (χ4n) is 4.88. The van der Waals surface area contributed by atoms with Gasteiger partial charge in [0, 0.05) is 42.2 Å². The highest BCUT2D eigenvalue weighted by atomic mass is 16.6. The van der Waals surface area contributed by atoms with Crippen molar-refractivity contribution in [3.63, 3.8) is 0 Å². The van der Waals surface area contributed by atoms with Crippen molar-refractivity contribution in [2.75, 3.05) is 10.2 Å². The van der Waals surface area contributed by atoms with E-state index in [0.717, 1.165) is 5.76 Å². The number of furan rings is 1. The van der Waals surface area contributed by atoms with Gasteiger partial charge in [-0.05, 0) is 36.2 Å². The summed E-state index contributed by atoms with van der Waals surface area (Å²) in [5.41, 5.74) is 2.92. The van der Waals surface area contributed by atoms with E-state index in [-0.39, 0.29) is 36.1 Å². The number of hydrogen-bond donors (Lipinski definition) is 1. The summed E-state index contributed by atoms with van der Waals surface area (Å²) < 4.78 is 5.59. The minimum absolute atomic E-state index is 0.0919. The van der Waals surface area contributed by atoms with Crippen LogP contribution in [0.4, 0.5) is 17.1 Å². The van der Waals surface area contributed by atoms with Gasteiger partial charge in [0.25, 0.3) is 5.69 Å². The molecule has 0 saturated heterocycles. The average Bonchev–Trinajstić information content (AvgIpc) is 3.33. The van der Waals surface area contributed by atoms with E-state index in [0.29, 0.717) is 34.6 Å². The van der Waals surface area contributed by atoms with Crippen molar-refractivity contribution in [2.45, 2.75) is 38.1 Å². The predicted octanol–water partition coefficient (Wildman–Crippen LogP) is 5.50. The molecule has 1 aliphatic carbocycles. The maximum atomic E-state index is 13.7. The molecular weight excluding hydrogens is 434 g/mol. The Hall–Kier alpha value is -4.20. The lowest BCUT2D eigenvalue weighted by atomic mass is 9.80. The fraction of sp³-hybridized carbons (Fsp3) is 0.231. The number of rotatable bonds is 4. The molecule has 172 valence electrons. The van der Waals surface area contributed by atoms with E-state index in [1.165, 1.54) is 12.1 Å². The van der Waals surface area contributed by atoms with E-state index in [2.05, 4.69) is 5.32 Å². The Morgan fingerprint density at radius 1 is 1.15 bits per heavy atom. The number of hydrogen-bond acceptors (Lipinski definition) is 6. The minimum Gasteiger partial charge on any atom is -0.469 e. The fourth-order valence-corrected chi connectivity index (χ4v) is 4.88. The molecule has 34 heavy (non-hydrogen) atoms. The van der Waals surface area contributed by atoms with Crippen molar-refractivity contribution in [3.05, 3.63) is 99.6 Å². The average molecular weight is 457 g/mol. The zero-order chi connectivity index (χ0) is 23.8. The number of ketones is 1. The van der Waals surface area contributed by atoms with Crippen LogP contribution in [-0.2, 0) is 9.59 Å². The Kier molecular flexibility index (Phi) is 5.49. The van der Waals surface area contributed by atoms with Crippen molar-refractivity contribution in [1.82, 2.24) is 0 Å². The molecule has 1 aromatic heterocycles. The van der Waals surface area contributed by atoms with Gasteiger partial charge in [0.1, 0.15) is 5.76 Å². The number of carbonyl (C=O) groups is 2. The Morgan fingerprint density at radius 2 is 1.97 bits per heavy atom. The molecule has 5 rings (SSSR count). The van der Waals surface area contributed by atoms with Crippen LogP contribution in [0.25, 0.3) is 0 Å². The van der Waals surface area contributed by atoms with Crippen LogP contribution in [-0.4, -0.2) is 16.6 Å². The van der Waals surface area contributed by atoms with E-state index >= 15 is 0 Å². The number of Topliss-reactive ketones (excluding diaryl/α,β-unsaturated/α-hetero) is 1. The molecule has 2 atom stereocenters. The number of non-ortho nitro benzene ring substituents is 1. The Bertz CT molecular complexity index is 1310. The number of fused-ring (bicyclic) bond motifs is 1. The molecule has 0 unspecified atom stereocenters. The largest absolute Gasteiger partial charge is 0.469 e. The van der Waals surface area contributed by atoms with Crippen LogP contribution in [0.15, 0.2) is 82.6 Å². The summed E-state index contributed by atoms with van der Waals surface area (Å²) in [6.07, 6.45) is 2.55. The van der Waals surface area contributed by atoms with Crippen LogP contribution >= 0.6 is 0 Å². The molecule has 1 aliphatic heterocycles. The quantitative estimate of drug-likeness (QED) is 0.410. The van der Waals surface area contributed by atoms with Gasteiger partial charge in [-0.15, -0.1) is 0 Å². The molecule has 8 heteroatoms. The molecule has 0 spiro atoms. The molecule has 2 aliphatic rings. The normalized spacial score (nSPS) is 19.7. The second-order valence-corrected chi connectivity index (χ2v) is 8.45. The van der Waals surface area contributed by atoms with Crippen molar-refractivity contribution >= 4 is 28.8 Å². The summed E-state index contributed by atoms with van der Waals surface area (Å²) in [5, 5.41) is 14.9. The van der Waals surface area contributed by atoms with E-state index in [4.69, 9.17) is 4.42 Å². The third kappa shape index (κ3) is 3.67. The number of nitro groups is 1. The van der Waals surface area contributed by atoms with Gasteiger partial charge >= 0.3 is 0 Å². The van der Waals surface area contributed by atoms with Crippen molar-refractivity contribution in [2.24, 2.45) is 0 Å². The number of nitrogens with one attached hydrogen (secondary N) is 1. The van der Waals surface area contributed by atoms with E-state index in [1.807, 2.05) is 30.3 Å². The molecule has 1 amide bonds. The third-order valence-electron chi connectivity index (χ3n) is 6.40. The maximum absolute atomic E-state index is 13.7. The molecule has 2 heterocycles. The Labute approximate surface area is 196 Å². The molecule has 2 aromatic carbocycles. The highest BCUT2D eigenvalue weighted by Crippen LogP contribution is 2.47. The summed E-state index contributed by atoms with van der Waals surface area (Å²) in [4.78, 5) is 39.7. The number of benzene rings is 2. The first-order valence-corrected chi connectivity index (χ1v) is 11.2. The third-order valence-corrected chi connectivity index (χ3v) is 6.40. The number of anilines is 2. The van der Waals surface area contributed by atoms with E-state index < -0.39 is 11.0 Å². The highest BCUT2D eigenvalue weighted by Gasteiger charge is 2.42. The number of para-hydroxylation sites is 2. The van der Waals surface area contributed by atoms with Crippen molar-refractivity contribution in [3.8, 4) is 0 Å². The predicted molar refractivity (Wildman–Crippen MR) is 126 cm³/mol.